The number of ether oxygens (including phenoxy) is 1. The molecule has 0 saturated carbocycles. The molecular weight excluding hydrogens is 128 g/mol. The van der Waals surface area contributed by atoms with Crippen LogP contribution in [0, 0.1) is 5.92 Å². The van der Waals surface area contributed by atoms with E-state index in [-0.39, 0.29) is 0 Å². The molecule has 2 heteroatoms. The van der Waals surface area contributed by atoms with Gasteiger partial charge in [-0.3, -0.25) is 4.79 Å². The van der Waals surface area contributed by atoms with Crippen LogP contribution in [0.15, 0.2) is 12.3 Å². The molecule has 0 spiro atoms. The molecule has 0 aromatic heterocycles. The Balaban J connectivity index is 3.09. The molecule has 0 rings (SSSR count). The first-order chi connectivity index (χ1) is 4.77. The molecular formula is C8H14O2. The van der Waals surface area contributed by atoms with Crippen molar-refractivity contribution in [2.45, 2.75) is 26.7 Å². The third-order valence-electron chi connectivity index (χ3n) is 1.14. The van der Waals surface area contributed by atoms with E-state index in [0.717, 1.165) is 12.8 Å². The van der Waals surface area contributed by atoms with Crippen LogP contribution in [0.25, 0.3) is 0 Å². The van der Waals surface area contributed by atoms with Crippen LogP contribution in [0.3, 0.4) is 0 Å². The van der Waals surface area contributed by atoms with Gasteiger partial charge in [-0.2, -0.15) is 0 Å². The van der Waals surface area contributed by atoms with Gasteiger partial charge in [0.05, 0.1) is 6.26 Å². The second kappa shape index (κ2) is 6.33. The third-order valence-corrected chi connectivity index (χ3v) is 1.14. The second-order valence-electron chi connectivity index (χ2n) is 2.58. The number of hydrogen-bond acceptors (Lipinski definition) is 2. The van der Waals surface area contributed by atoms with Gasteiger partial charge in [-0.05, 0) is 24.8 Å². The molecule has 0 N–H and O–H groups in total. The van der Waals surface area contributed by atoms with Gasteiger partial charge in [0.2, 0.25) is 0 Å². The average Bonchev–Trinajstić information content (AvgIpc) is 1.87. The summed E-state index contributed by atoms with van der Waals surface area (Å²) >= 11 is 0. The molecule has 0 aromatic rings. The van der Waals surface area contributed by atoms with Crippen molar-refractivity contribution in [1.82, 2.24) is 0 Å². The highest BCUT2D eigenvalue weighted by atomic mass is 16.5. The summed E-state index contributed by atoms with van der Waals surface area (Å²) in [4.78, 5) is 9.63. The molecule has 0 fully saturated rings. The molecule has 0 aliphatic heterocycles. The van der Waals surface area contributed by atoms with Crippen molar-refractivity contribution in [2.24, 2.45) is 5.92 Å². The van der Waals surface area contributed by atoms with Crippen LogP contribution in [0.1, 0.15) is 26.7 Å². The lowest BCUT2D eigenvalue weighted by Crippen LogP contribution is -1.83. The number of allylic oxidation sites excluding steroid dienone is 1. The maximum atomic E-state index is 9.63. The Morgan fingerprint density at radius 3 is 2.70 bits per heavy atom. The fourth-order valence-corrected chi connectivity index (χ4v) is 0.585. The van der Waals surface area contributed by atoms with Crippen molar-refractivity contribution < 1.29 is 9.53 Å². The van der Waals surface area contributed by atoms with Crippen LogP contribution in [-0.4, -0.2) is 6.47 Å². The normalized spacial score (nSPS) is 10.7. The summed E-state index contributed by atoms with van der Waals surface area (Å²) in [5.74, 6) is 0.709. The second-order valence-corrected chi connectivity index (χ2v) is 2.58. The Hall–Kier alpha value is -0.790. The van der Waals surface area contributed by atoms with Crippen LogP contribution in [0.2, 0.25) is 0 Å². The van der Waals surface area contributed by atoms with Crippen LogP contribution in [0.5, 0.6) is 0 Å². The maximum absolute atomic E-state index is 9.63. The lowest BCUT2D eigenvalue weighted by atomic mass is 10.1. The molecule has 0 amide bonds. The smallest absolute Gasteiger partial charge is 0.297 e. The van der Waals surface area contributed by atoms with Crippen molar-refractivity contribution in [3.63, 3.8) is 0 Å². The molecule has 0 atom stereocenters. The third kappa shape index (κ3) is 7.21. The van der Waals surface area contributed by atoms with Gasteiger partial charge in [0.1, 0.15) is 0 Å². The Labute approximate surface area is 61.9 Å². The summed E-state index contributed by atoms with van der Waals surface area (Å²) in [6.45, 7) is 4.74. The van der Waals surface area contributed by atoms with Crippen molar-refractivity contribution >= 4 is 6.47 Å². The van der Waals surface area contributed by atoms with Gasteiger partial charge in [-0.25, -0.2) is 0 Å². The molecule has 10 heavy (non-hydrogen) atoms. The monoisotopic (exact) mass is 142 g/mol. The molecule has 2 nitrogen and oxygen atoms in total. The van der Waals surface area contributed by atoms with Crippen LogP contribution < -0.4 is 0 Å². The van der Waals surface area contributed by atoms with Gasteiger partial charge < -0.3 is 4.74 Å². The molecule has 0 bridgehead atoms. The highest BCUT2D eigenvalue weighted by Gasteiger charge is 1.88. The fourth-order valence-electron chi connectivity index (χ4n) is 0.585. The summed E-state index contributed by atoms with van der Waals surface area (Å²) in [5, 5.41) is 0. The van der Waals surface area contributed by atoms with E-state index in [1.165, 1.54) is 6.26 Å². The summed E-state index contributed by atoms with van der Waals surface area (Å²) < 4.78 is 4.35. The first-order valence-corrected chi connectivity index (χ1v) is 3.51. The first kappa shape index (κ1) is 9.21. The summed E-state index contributed by atoms with van der Waals surface area (Å²) in [6, 6.07) is 0. The zero-order chi connectivity index (χ0) is 7.82. The van der Waals surface area contributed by atoms with E-state index < -0.39 is 0 Å². The number of rotatable bonds is 5. The van der Waals surface area contributed by atoms with Crippen molar-refractivity contribution in [1.29, 1.82) is 0 Å². The minimum absolute atomic E-state index is 0.422. The van der Waals surface area contributed by atoms with E-state index in [0.29, 0.717) is 12.4 Å². The van der Waals surface area contributed by atoms with Gasteiger partial charge in [-0.15, -0.1) is 0 Å². The highest BCUT2D eigenvalue weighted by molar-refractivity contribution is 5.38. The van der Waals surface area contributed by atoms with Gasteiger partial charge in [-0.1, -0.05) is 13.8 Å². The van der Waals surface area contributed by atoms with Gasteiger partial charge in [0.15, 0.2) is 0 Å². The van der Waals surface area contributed by atoms with Crippen LogP contribution in [0.4, 0.5) is 0 Å². The Morgan fingerprint density at radius 2 is 2.20 bits per heavy atom. The molecule has 0 aliphatic rings. The lowest BCUT2D eigenvalue weighted by molar-refractivity contribution is -0.123. The van der Waals surface area contributed by atoms with Crippen molar-refractivity contribution in [2.75, 3.05) is 0 Å². The zero-order valence-electron chi connectivity index (χ0n) is 6.54. The van der Waals surface area contributed by atoms with E-state index in [1.54, 1.807) is 0 Å². The van der Waals surface area contributed by atoms with E-state index in [4.69, 9.17) is 0 Å². The SMILES string of the molecule is CC(C)CC/C=C\OC=O. The highest BCUT2D eigenvalue weighted by Crippen LogP contribution is 2.03. The largest absolute Gasteiger partial charge is 0.437 e. The van der Waals surface area contributed by atoms with Crippen molar-refractivity contribution in [3.8, 4) is 0 Å². The molecule has 0 heterocycles. The van der Waals surface area contributed by atoms with E-state index in [2.05, 4.69) is 18.6 Å². The molecule has 0 unspecified atom stereocenters. The number of carbonyl (C=O) groups is 1. The van der Waals surface area contributed by atoms with Crippen LogP contribution >= 0.6 is 0 Å². The topological polar surface area (TPSA) is 26.3 Å². The molecule has 0 radical (unpaired) electrons. The van der Waals surface area contributed by atoms with Crippen molar-refractivity contribution in [3.05, 3.63) is 12.3 Å². The zero-order valence-corrected chi connectivity index (χ0v) is 6.54. The van der Waals surface area contributed by atoms with Gasteiger partial charge in [0.25, 0.3) is 6.47 Å². The standard InChI is InChI=1S/C8H14O2/c1-8(2)5-3-4-6-10-7-9/h4,6-8H,3,5H2,1-2H3/b6-4-. The summed E-state index contributed by atoms with van der Waals surface area (Å²) in [6.07, 6.45) is 5.40. The summed E-state index contributed by atoms with van der Waals surface area (Å²) in [7, 11) is 0. The minimum Gasteiger partial charge on any atom is -0.437 e. The van der Waals surface area contributed by atoms with Gasteiger partial charge in [0, 0.05) is 0 Å². The van der Waals surface area contributed by atoms with Crippen LogP contribution in [-0.2, 0) is 9.53 Å². The lowest BCUT2D eigenvalue weighted by Gasteiger charge is -1.97. The van der Waals surface area contributed by atoms with E-state index in [9.17, 15) is 4.79 Å². The molecule has 0 aromatic carbocycles. The summed E-state index contributed by atoms with van der Waals surface area (Å²) in [5.41, 5.74) is 0. The Morgan fingerprint density at radius 1 is 1.50 bits per heavy atom. The predicted molar refractivity (Wildman–Crippen MR) is 40.4 cm³/mol. The first-order valence-electron chi connectivity index (χ1n) is 3.51. The quantitative estimate of drug-likeness (QED) is 0.434. The molecule has 0 aliphatic carbocycles. The fraction of sp³-hybridized carbons (Fsp3) is 0.625. The average molecular weight is 142 g/mol. The molecule has 0 saturated heterocycles. The van der Waals surface area contributed by atoms with E-state index in [1.807, 2.05) is 6.08 Å². The molecule has 58 valence electrons. The van der Waals surface area contributed by atoms with Gasteiger partial charge >= 0.3 is 0 Å². The number of hydrogen-bond donors (Lipinski definition) is 0. The Kier molecular flexibility index (Phi) is 5.83. The minimum atomic E-state index is 0.422. The predicted octanol–water partition coefficient (Wildman–Crippen LogP) is 2.11. The number of carbonyl (C=O) groups excluding carboxylic acids is 1. The Bertz CT molecular complexity index is 106. The maximum Gasteiger partial charge on any atom is 0.297 e. The van der Waals surface area contributed by atoms with E-state index >= 15 is 0 Å².